The van der Waals surface area contributed by atoms with Crippen LogP contribution in [0, 0.1) is 17.3 Å². The average molecular weight is 910 g/mol. The third kappa shape index (κ3) is 7.61. The molecule has 1 unspecified atom stereocenters. The Morgan fingerprint density at radius 3 is 2.51 bits per heavy atom. The summed E-state index contributed by atoms with van der Waals surface area (Å²) >= 11 is 6.66. The first kappa shape index (κ1) is 42.1. The summed E-state index contributed by atoms with van der Waals surface area (Å²) in [6.07, 6.45) is 8.55. The Kier molecular flexibility index (Phi) is 10.2. The number of piperazine rings is 1. The molecule has 5 aromatic rings. The maximum absolute atomic E-state index is 15.2. The van der Waals surface area contributed by atoms with Gasteiger partial charge in [-0.05, 0) is 100 Å². The molecule has 7 heterocycles. The van der Waals surface area contributed by atoms with Gasteiger partial charge >= 0.3 is 5.92 Å². The second-order valence-electron chi connectivity index (χ2n) is 19.6. The van der Waals surface area contributed by atoms with Gasteiger partial charge in [0.1, 0.15) is 5.02 Å². The Morgan fingerprint density at radius 2 is 1.75 bits per heavy atom. The monoisotopic (exact) mass is 909 g/mol. The Hall–Kier alpha value is -5.55. The van der Waals surface area contributed by atoms with E-state index in [9.17, 15) is 14.4 Å². The minimum atomic E-state index is -3.13. The van der Waals surface area contributed by atoms with E-state index in [1.54, 1.807) is 19.3 Å². The number of anilines is 5. The van der Waals surface area contributed by atoms with Crippen molar-refractivity contribution in [2.24, 2.45) is 31.3 Å². The topological polar surface area (TPSA) is 155 Å². The second-order valence-corrected chi connectivity index (χ2v) is 20.0. The van der Waals surface area contributed by atoms with E-state index in [0.29, 0.717) is 71.0 Å². The van der Waals surface area contributed by atoms with E-state index >= 15 is 8.78 Å². The number of benzene rings is 2. The van der Waals surface area contributed by atoms with Crippen molar-refractivity contribution in [3.63, 3.8) is 0 Å². The van der Waals surface area contributed by atoms with Gasteiger partial charge in [0.2, 0.25) is 23.5 Å². The van der Waals surface area contributed by atoms with Crippen molar-refractivity contribution in [1.29, 1.82) is 0 Å². The van der Waals surface area contributed by atoms with Crippen molar-refractivity contribution in [3.8, 4) is 5.75 Å². The van der Waals surface area contributed by atoms with Gasteiger partial charge in [-0.15, -0.1) is 0 Å². The molecule has 2 aliphatic carbocycles. The number of piperidine rings is 1. The molecule has 3 aromatic heterocycles. The highest BCUT2D eigenvalue weighted by molar-refractivity contribution is 6.33. The molecule has 3 saturated heterocycles. The lowest BCUT2D eigenvalue weighted by molar-refractivity contribution is -0.134. The quantitative estimate of drug-likeness (QED) is 0.145. The minimum Gasteiger partial charge on any atom is -0.480 e. The van der Waals surface area contributed by atoms with E-state index in [2.05, 4.69) is 60.8 Å². The summed E-state index contributed by atoms with van der Waals surface area (Å²) < 4.78 is 39.2. The zero-order chi connectivity index (χ0) is 44.9. The lowest BCUT2D eigenvalue weighted by Gasteiger charge is -2.54. The number of imide groups is 1. The second kappa shape index (κ2) is 15.8. The first-order chi connectivity index (χ1) is 31.2. The number of aromatic nitrogens is 5. The zero-order valence-corrected chi connectivity index (χ0v) is 37.6. The summed E-state index contributed by atoms with van der Waals surface area (Å²) in [7, 11) is 3.53. The van der Waals surface area contributed by atoms with E-state index in [1.807, 2.05) is 23.9 Å². The molecule has 65 heavy (non-hydrogen) atoms. The van der Waals surface area contributed by atoms with Crippen LogP contribution in [0.3, 0.4) is 0 Å². The van der Waals surface area contributed by atoms with Crippen LogP contribution in [0.4, 0.5) is 37.6 Å². The molecule has 6 aliphatic rings. The van der Waals surface area contributed by atoms with Crippen LogP contribution in [0.15, 0.2) is 47.4 Å². The number of carbonyl (C=O) groups is 2. The number of aryl methyl sites for hydroxylation is 2. The van der Waals surface area contributed by atoms with Gasteiger partial charge in [0.25, 0.3) is 5.56 Å². The molecule has 2 saturated carbocycles. The van der Waals surface area contributed by atoms with Crippen LogP contribution in [-0.4, -0.2) is 105 Å². The van der Waals surface area contributed by atoms with Crippen molar-refractivity contribution >= 4 is 74.0 Å². The Labute approximate surface area is 379 Å². The van der Waals surface area contributed by atoms with Crippen molar-refractivity contribution in [2.45, 2.75) is 82.2 Å². The summed E-state index contributed by atoms with van der Waals surface area (Å²) in [5.74, 6) is -2.61. The smallest absolute Gasteiger partial charge is 0.301 e. The van der Waals surface area contributed by atoms with E-state index < -0.39 is 30.0 Å². The van der Waals surface area contributed by atoms with Crippen molar-refractivity contribution in [1.82, 2.24) is 34.5 Å². The molecule has 15 nitrogen and oxygen atoms in total. The maximum atomic E-state index is 15.2. The first-order valence-corrected chi connectivity index (χ1v) is 23.4. The fourth-order valence-corrected chi connectivity index (χ4v) is 11.4. The minimum absolute atomic E-state index is 0.0989. The molecule has 4 aliphatic heterocycles. The molecule has 3 atom stereocenters. The molecular weight excluding hydrogens is 856 g/mol. The lowest BCUT2D eigenvalue weighted by Crippen LogP contribution is -2.59. The fourth-order valence-electron chi connectivity index (χ4n) is 11.2. The van der Waals surface area contributed by atoms with Crippen molar-refractivity contribution in [3.05, 3.63) is 63.7 Å². The highest BCUT2D eigenvalue weighted by Gasteiger charge is 2.51. The molecule has 2 amide bonds. The predicted octanol–water partition coefficient (Wildman–Crippen LogP) is 6.56. The first-order valence-electron chi connectivity index (χ1n) is 23.0. The van der Waals surface area contributed by atoms with Gasteiger partial charge < -0.3 is 29.7 Å². The summed E-state index contributed by atoms with van der Waals surface area (Å²) in [6.45, 7) is 7.23. The number of rotatable bonds is 8. The van der Waals surface area contributed by atoms with E-state index in [4.69, 9.17) is 26.4 Å². The third-order valence-corrected chi connectivity index (χ3v) is 15.4. The lowest BCUT2D eigenvalue weighted by atomic mass is 9.66. The average Bonchev–Trinajstić information content (AvgIpc) is 4.08. The molecule has 2 aromatic carbocycles. The SMILES string of the molecule is C[C@H]1CN(c2ccc3c(C4CCC(=O)NC4=O)nn(C)c3c2)CCN1CC1CCC2(CC1)CN(c1ncc(Cl)c(Nc3ccc4c(c3)c3c(c(=O)n4C)OCC(F)(F)[C@H](C4CC4)N3)n1)C2. The molecule has 342 valence electrons. The fraction of sp³-hybridized carbons (Fsp3) is 0.532. The van der Waals surface area contributed by atoms with Gasteiger partial charge in [0, 0.05) is 93.4 Å². The number of hydrogen-bond donors (Lipinski definition) is 3. The van der Waals surface area contributed by atoms with Gasteiger partial charge in [-0.3, -0.25) is 29.3 Å². The van der Waals surface area contributed by atoms with E-state index in [0.717, 1.165) is 61.6 Å². The number of halogens is 3. The molecule has 18 heteroatoms. The van der Waals surface area contributed by atoms with Gasteiger partial charge in [0.15, 0.2) is 12.4 Å². The molecule has 3 N–H and O–H groups in total. The maximum Gasteiger partial charge on any atom is 0.301 e. The zero-order valence-electron chi connectivity index (χ0n) is 36.9. The summed E-state index contributed by atoms with van der Waals surface area (Å²) in [4.78, 5) is 54.5. The Morgan fingerprint density at radius 1 is 0.954 bits per heavy atom. The molecule has 5 fully saturated rings. The number of carbonyl (C=O) groups excluding carboxylic acids is 2. The number of fused-ring (bicyclic) bond motifs is 4. The number of nitrogens with one attached hydrogen (secondary N) is 3. The number of amides is 2. The largest absolute Gasteiger partial charge is 0.480 e. The highest BCUT2D eigenvalue weighted by atomic mass is 35.5. The number of nitrogens with zero attached hydrogens (tertiary/aromatic N) is 8. The van der Waals surface area contributed by atoms with Crippen LogP contribution in [0.1, 0.15) is 69.9 Å². The van der Waals surface area contributed by atoms with Gasteiger partial charge in [-0.1, -0.05) is 11.6 Å². The summed E-state index contributed by atoms with van der Waals surface area (Å²) in [5, 5.41) is 15.5. The van der Waals surface area contributed by atoms with E-state index in [-0.39, 0.29) is 34.6 Å². The number of ether oxygens (including phenoxy) is 1. The Balaban J connectivity index is 0.701. The van der Waals surface area contributed by atoms with Gasteiger partial charge in [-0.25, -0.2) is 13.8 Å². The predicted molar refractivity (Wildman–Crippen MR) is 246 cm³/mol. The normalized spacial score (nSPS) is 24.6. The van der Waals surface area contributed by atoms with Crippen LogP contribution in [-0.2, 0) is 23.7 Å². The van der Waals surface area contributed by atoms with Crippen LogP contribution < -0.4 is 36.0 Å². The van der Waals surface area contributed by atoms with Gasteiger partial charge in [0.05, 0.1) is 40.6 Å². The molecule has 0 bridgehead atoms. The highest BCUT2D eigenvalue weighted by Crippen LogP contribution is 2.48. The molecule has 0 radical (unpaired) electrons. The number of alkyl halides is 2. The molecule has 1 spiro atoms. The van der Waals surface area contributed by atoms with Crippen LogP contribution in [0.25, 0.3) is 21.8 Å². The van der Waals surface area contributed by atoms with Crippen molar-refractivity contribution < 1.29 is 23.1 Å². The van der Waals surface area contributed by atoms with Crippen LogP contribution in [0.2, 0.25) is 5.02 Å². The summed E-state index contributed by atoms with van der Waals surface area (Å²) in [6, 6.07) is 11.1. The Bertz CT molecular complexity index is 2800. The number of hydrogen-bond acceptors (Lipinski definition) is 12. The molecular formula is C47H54ClF2N11O4. The van der Waals surface area contributed by atoms with Crippen LogP contribution >= 0.6 is 11.6 Å². The van der Waals surface area contributed by atoms with Gasteiger partial charge in [-0.2, -0.15) is 10.1 Å². The summed E-state index contributed by atoms with van der Waals surface area (Å²) in [5.41, 5.74) is 4.17. The van der Waals surface area contributed by atoms with E-state index in [1.165, 1.54) is 30.3 Å². The molecule has 11 rings (SSSR count). The third-order valence-electron chi connectivity index (χ3n) is 15.2. The van der Waals surface area contributed by atoms with Crippen LogP contribution in [0.5, 0.6) is 5.75 Å². The standard InChI is InChI=1S/C47H54ClF2N11O4/c1-26-21-60(30-7-8-31-36(19-30)58(3)56-38(31)32-9-11-37(62)53-43(32)63)17-16-59(26)22-27-12-14-46(15-13-27)23-61(24-46)45-51-20-34(48)42(55-45)52-29-6-10-35-33(18-29)39-40(44(64)57(35)2)65-25-47(49,50)41(54-39)28-4-5-28/h6-8,10,18-20,26-28,32,41,54H,4-5,9,11-17,21-25H2,1-3H3,(H,51,52,55)(H,53,62,63)/t26-,32?,41-/m0/s1. The van der Waals surface area contributed by atoms with Crippen molar-refractivity contribution in [2.75, 3.05) is 66.3 Å². The number of pyridine rings is 1.